The fourth-order valence-corrected chi connectivity index (χ4v) is 4.14. The topological polar surface area (TPSA) is 99.3 Å². The number of amides is 1. The Morgan fingerprint density at radius 1 is 1.54 bits per heavy atom. The molecule has 2 saturated carbocycles. The highest BCUT2D eigenvalue weighted by molar-refractivity contribution is 5.76. The predicted octanol–water partition coefficient (Wildman–Crippen LogP) is 2.04. The second-order valence-electron chi connectivity index (χ2n) is 6.71. The van der Waals surface area contributed by atoms with Gasteiger partial charge in [0.05, 0.1) is 11.0 Å². The van der Waals surface area contributed by atoms with Gasteiger partial charge < -0.3 is 10.1 Å². The summed E-state index contributed by atoms with van der Waals surface area (Å²) in [5.74, 6) is -0.0284. The molecular formula is C16H24N4O4. The van der Waals surface area contributed by atoms with Gasteiger partial charge in [-0.1, -0.05) is 12.8 Å². The molecule has 1 aromatic rings. The van der Waals surface area contributed by atoms with E-state index in [1.165, 1.54) is 29.9 Å². The lowest BCUT2D eigenvalue weighted by molar-refractivity contribution is -0.385. The van der Waals surface area contributed by atoms with E-state index in [0.717, 1.165) is 19.3 Å². The fourth-order valence-electron chi connectivity index (χ4n) is 4.14. The van der Waals surface area contributed by atoms with Gasteiger partial charge in [0.25, 0.3) is 0 Å². The summed E-state index contributed by atoms with van der Waals surface area (Å²) in [5, 5.41) is 17.7. The molecule has 1 amide bonds. The molecule has 1 N–H and O–H groups in total. The molecule has 8 nitrogen and oxygen atoms in total. The molecule has 24 heavy (non-hydrogen) atoms. The minimum absolute atomic E-state index is 0.0284. The molecule has 1 heterocycles. The van der Waals surface area contributed by atoms with Crippen molar-refractivity contribution in [1.82, 2.24) is 15.1 Å². The summed E-state index contributed by atoms with van der Waals surface area (Å²) in [6.07, 6.45) is 8.60. The van der Waals surface area contributed by atoms with E-state index < -0.39 is 4.92 Å². The normalized spacial score (nSPS) is 24.7. The summed E-state index contributed by atoms with van der Waals surface area (Å²) >= 11 is 0. The molecule has 0 radical (unpaired) electrons. The molecule has 132 valence electrons. The third-order valence-corrected chi connectivity index (χ3v) is 5.42. The van der Waals surface area contributed by atoms with Crippen LogP contribution in [0.3, 0.4) is 0 Å². The predicted molar refractivity (Wildman–Crippen MR) is 86.4 cm³/mol. The zero-order valence-electron chi connectivity index (χ0n) is 13.9. The lowest BCUT2D eigenvalue weighted by Gasteiger charge is -2.54. The van der Waals surface area contributed by atoms with Crippen LogP contribution in [0, 0.1) is 15.5 Å². The van der Waals surface area contributed by atoms with Gasteiger partial charge in [0.1, 0.15) is 12.4 Å². The summed E-state index contributed by atoms with van der Waals surface area (Å²) in [6.45, 7) is 3.07. The van der Waals surface area contributed by atoms with Gasteiger partial charge in [0, 0.05) is 31.0 Å². The van der Waals surface area contributed by atoms with Crippen LogP contribution in [-0.2, 0) is 16.1 Å². The van der Waals surface area contributed by atoms with Gasteiger partial charge in [-0.05, 0) is 26.2 Å². The molecule has 8 heteroatoms. The highest BCUT2D eigenvalue weighted by Gasteiger charge is 2.57. The summed E-state index contributed by atoms with van der Waals surface area (Å²) in [4.78, 5) is 22.4. The van der Waals surface area contributed by atoms with Crippen LogP contribution in [0.25, 0.3) is 0 Å². The van der Waals surface area contributed by atoms with Gasteiger partial charge in [-0.15, -0.1) is 0 Å². The molecule has 0 bridgehead atoms. The molecule has 0 unspecified atom stereocenters. The standard InChI is InChI=1S/C16H24N4O4/c1-2-24-14-9-13(16(14)6-3-4-7-16)18-15(21)5-8-19-11-12(10-17-19)20(22)23/h10-11,13-14H,2-9H2,1H3,(H,18,21)/t13-,14-/m1/s1. The Hall–Kier alpha value is -1.96. The van der Waals surface area contributed by atoms with E-state index in [1.54, 1.807) is 0 Å². The highest BCUT2D eigenvalue weighted by Crippen LogP contribution is 2.54. The number of nitro groups is 1. The SMILES string of the molecule is CCO[C@@H]1C[C@@H](NC(=O)CCn2cc([N+](=O)[O-])cn2)C12CCCC2. The average Bonchev–Trinajstić information content (AvgIpc) is 3.22. The maximum atomic E-state index is 12.2. The number of nitrogens with one attached hydrogen (secondary N) is 1. The van der Waals surface area contributed by atoms with Crippen LogP contribution in [0.1, 0.15) is 45.4 Å². The Bertz CT molecular complexity index is 609. The first kappa shape index (κ1) is 16.9. The van der Waals surface area contributed by atoms with Gasteiger partial charge in [0.15, 0.2) is 0 Å². The van der Waals surface area contributed by atoms with Crippen molar-refractivity contribution in [2.45, 2.75) is 64.1 Å². The largest absolute Gasteiger partial charge is 0.378 e. The van der Waals surface area contributed by atoms with Crippen molar-refractivity contribution in [1.29, 1.82) is 0 Å². The third kappa shape index (κ3) is 3.15. The van der Waals surface area contributed by atoms with Crippen molar-refractivity contribution in [3.8, 4) is 0 Å². The van der Waals surface area contributed by atoms with E-state index in [-0.39, 0.29) is 35.6 Å². The summed E-state index contributed by atoms with van der Waals surface area (Å²) in [7, 11) is 0. The lowest BCUT2D eigenvalue weighted by atomic mass is 9.60. The molecule has 2 fully saturated rings. The van der Waals surface area contributed by atoms with E-state index in [1.807, 2.05) is 6.92 Å². The Morgan fingerprint density at radius 3 is 2.92 bits per heavy atom. The Labute approximate surface area is 140 Å². The molecular weight excluding hydrogens is 312 g/mol. The van der Waals surface area contributed by atoms with Crippen molar-refractivity contribution in [3.05, 3.63) is 22.5 Å². The second-order valence-corrected chi connectivity index (χ2v) is 6.71. The zero-order valence-corrected chi connectivity index (χ0v) is 13.9. The molecule has 0 saturated heterocycles. The van der Waals surface area contributed by atoms with Crippen molar-refractivity contribution in [2.75, 3.05) is 6.61 Å². The van der Waals surface area contributed by atoms with Crippen LogP contribution in [0.2, 0.25) is 0 Å². The number of carbonyl (C=O) groups excluding carboxylic acids is 1. The smallest absolute Gasteiger partial charge is 0.306 e. The lowest BCUT2D eigenvalue weighted by Crippen LogP contribution is -2.63. The minimum atomic E-state index is -0.490. The monoisotopic (exact) mass is 336 g/mol. The highest BCUT2D eigenvalue weighted by atomic mass is 16.6. The number of rotatable bonds is 7. The van der Waals surface area contributed by atoms with E-state index >= 15 is 0 Å². The summed E-state index contributed by atoms with van der Waals surface area (Å²) < 4.78 is 7.29. The average molecular weight is 336 g/mol. The van der Waals surface area contributed by atoms with Crippen molar-refractivity contribution >= 4 is 11.6 Å². The fraction of sp³-hybridized carbons (Fsp3) is 0.750. The maximum Gasteiger partial charge on any atom is 0.306 e. The van der Waals surface area contributed by atoms with E-state index in [0.29, 0.717) is 13.2 Å². The van der Waals surface area contributed by atoms with Crippen molar-refractivity contribution in [3.63, 3.8) is 0 Å². The van der Waals surface area contributed by atoms with E-state index in [2.05, 4.69) is 10.4 Å². The summed E-state index contributed by atoms with van der Waals surface area (Å²) in [6, 6.07) is 0.191. The van der Waals surface area contributed by atoms with Crippen molar-refractivity contribution in [2.24, 2.45) is 5.41 Å². The first-order valence-electron chi connectivity index (χ1n) is 8.63. The van der Waals surface area contributed by atoms with Crippen LogP contribution in [0.5, 0.6) is 0 Å². The third-order valence-electron chi connectivity index (χ3n) is 5.42. The Balaban J connectivity index is 1.50. The number of carbonyl (C=O) groups is 1. The molecule has 2 atom stereocenters. The van der Waals surface area contributed by atoms with E-state index in [9.17, 15) is 14.9 Å². The first-order chi connectivity index (χ1) is 11.5. The first-order valence-corrected chi connectivity index (χ1v) is 8.63. The van der Waals surface area contributed by atoms with Gasteiger partial charge in [-0.25, -0.2) is 0 Å². The van der Waals surface area contributed by atoms with Gasteiger partial charge in [-0.3, -0.25) is 19.6 Å². The Morgan fingerprint density at radius 2 is 2.29 bits per heavy atom. The van der Waals surface area contributed by atoms with Gasteiger partial charge >= 0.3 is 5.69 Å². The van der Waals surface area contributed by atoms with Crippen LogP contribution in [0.4, 0.5) is 5.69 Å². The molecule has 1 aromatic heterocycles. The van der Waals surface area contributed by atoms with E-state index in [4.69, 9.17) is 4.74 Å². The second kappa shape index (κ2) is 6.88. The number of ether oxygens (including phenoxy) is 1. The zero-order chi connectivity index (χ0) is 17.2. The molecule has 2 aliphatic rings. The molecule has 0 aliphatic heterocycles. The number of aryl methyl sites for hydroxylation is 1. The van der Waals surface area contributed by atoms with Crippen LogP contribution in [0.15, 0.2) is 12.4 Å². The molecule has 0 aromatic carbocycles. The molecule has 1 spiro atoms. The van der Waals surface area contributed by atoms with Crippen LogP contribution < -0.4 is 5.32 Å². The van der Waals surface area contributed by atoms with Gasteiger partial charge in [-0.2, -0.15) is 5.10 Å². The molecule has 3 rings (SSSR count). The van der Waals surface area contributed by atoms with Crippen LogP contribution >= 0.6 is 0 Å². The van der Waals surface area contributed by atoms with Crippen LogP contribution in [-0.4, -0.2) is 39.4 Å². The number of hydrogen-bond acceptors (Lipinski definition) is 5. The maximum absolute atomic E-state index is 12.2. The Kier molecular flexibility index (Phi) is 4.84. The number of aromatic nitrogens is 2. The number of nitrogens with zero attached hydrogens (tertiary/aromatic N) is 3. The number of hydrogen-bond donors (Lipinski definition) is 1. The van der Waals surface area contributed by atoms with Gasteiger partial charge in [0.2, 0.25) is 5.91 Å². The molecule has 2 aliphatic carbocycles. The minimum Gasteiger partial charge on any atom is -0.378 e. The van der Waals surface area contributed by atoms with Crippen molar-refractivity contribution < 1.29 is 14.5 Å². The quantitative estimate of drug-likeness (QED) is 0.607. The summed E-state index contributed by atoms with van der Waals surface area (Å²) in [5.41, 5.74) is 0.0646.